The summed E-state index contributed by atoms with van der Waals surface area (Å²) in [5, 5.41) is 1.42. The number of ether oxygens (including phenoxy) is 1. The van der Waals surface area contributed by atoms with Crippen molar-refractivity contribution in [1.29, 1.82) is 0 Å². The minimum absolute atomic E-state index is 0.00639. The van der Waals surface area contributed by atoms with Gasteiger partial charge in [0.2, 0.25) is 5.01 Å². The second kappa shape index (κ2) is 7.36. The highest BCUT2D eigenvalue weighted by Gasteiger charge is 2.40. The molecule has 0 spiro atoms. The summed E-state index contributed by atoms with van der Waals surface area (Å²) in [7, 11) is 0. The standard InChI is InChI=1S/C19H20F3N3O2S/c20-19(21,22)16-23-15(14(28-16)13-4-2-1-3-5-13)24-17(26)27-12-18-6-9-25(10-7-18)11-8-18/h1-5H,6-12H2,(H,24,26). The Bertz CT molecular complexity index is 832. The fourth-order valence-electron chi connectivity index (χ4n) is 3.78. The van der Waals surface area contributed by atoms with Crippen molar-refractivity contribution in [2.75, 3.05) is 31.6 Å². The third-order valence-corrected chi connectivity index (χ3v) is 6.66. The highest BCUT2D eigenvalue weighted by Crippen LogP contribution is 2.42. The lowest BCUT2D eigenvalue weighted by atomic mass is 9.73. The van der Waals surface area contributed by atoms with Crippen molar-refractivity contribution in [2.24, 2.45) is 5.41 Å². The van der Waals surface area contributed by atoms with Crippen LogP contribution in [0.15, 0.2) is 30.3 Å². The van der Waals surface area contributed by atoms with E-state index in [-0.39, 0.29) is 22.7 Å². The number of thiazole rings is 1. The number of amides is 1. The topological polar surface area (TPSA) is 54.5 Å². The number of piperidine rings is 3. The predicted octanol–water partition coefficient (Wildman–Crippen LogP) is 4.86. The van der Waals surface area contributed by atoms with Gasteiger partial charge in [0, 0.05) is 5.41 Å². The highest BCUT2D eigenvalue weighted by atomic mass is 32.1. The van der Waals surface area contributed by atoms with Gasteiger partial charge in [-0.3, -0.25) is 5.32 Å². The largest absolute Gasteiger partial charge is 0.449 e. The summed E-state index contributed by atoms with van der Waals surface area (Å²) in [5.74, 6) is -0.121. The Kier molecular flexibility index (Phi) is 5.05. The molecule has 5 nitrogen and oxygen atoms in total. The summed E-state index contributed by atoms with van der Waals surface area (Å²) >= 11 is 0.506. The van der Waals surface area contributed by atoms with Crippen molar-refractivity contribution in [3.8, 4) is 10.4 Å². The van der Waals surface area contributed by atoms with E-state index in [1.54, 1.807) is 30.3 Å². The summed E-state index contributed by atoms with van der Waals surface area (Å²) in [4.78, 5) is 18.6. The summed E-state index contributed by atoms with van der Waals surface area (Å²) < 4.78 is 44.8. The smallest absolute Gasteiger partial charge is 0.443 e. The van der Waals surface area contributed by atoms with E-state index in [1.807, 2.05) is 0 Å². The molecule has 0 unspecified atom stereocenters. The van der Waals surface area contributed by atoms with Crippen LogP contribution in [-0.2, 0) is 10.9 Å². The summed E-state index contributed by atoms with van der Waals surface area (Å²) in [6.07, 6.45) is -2.41. The summed E-state index contributed by atoms with van der Waals surface area (Å²) in [6, 6.07) is 8.57. The molecule has 0 aliphatic carbocycles. The van der Waals surface area contributed by atoms with Gasteiger partial charge in [-0.2, -0.15) is 13.2 Å². The van der Waals surface area contributed by atoms with Crippen LogP contribution in [0.4, 0.5) is 23.8 Å². The van der Waals surface area contributed by atoms with Crippen LogP contribution in [0.25, 0.3) is 10.4 Å². The Morgan fingerprint density at radius 2 is 1.82 bits per heavy atom. The number of carbonyl (C=O) groups is 1. The van der Waals surface area contributed by atoms with Crippen molar-refractivity contribution in [2.45, 2.75) is 25.4 Å². The van der Waals surface area contributed by atoms with Crippen molar-refractivity contribution in [3.05, 3.63) is 35.3 Å². The summed E-state index contributed by atoms with van der Waals surface area (Å²) in [6.45, 7) is 3.29. The number of alkyl halides is 3. The van der Waals surface area contributed by atoms with Gasteiger partial charge in [0.05, 0.1) is 11.5 Å². The van der Waals surface area contributed by atoms with Crippen LogP contribution < -0.4 is 5.32 Å². The maximum Gasteiger partial charge on any atom is 0.443 e. The molecule has 0 radical (unpaired) electrons. The molecule has 1 amide bonds. The quantitative estimate of drug-likeness (QED) is 0.781. The van der Waals surface area contributed by atoms with E-state index in [2.05, 4.69) is 15.2 Å². The average molecular weight is 411 g/mol. The second-order valence-electron chi connectivity index (χ2n) is 7.35. The van der Waals surface area contributed by atoms with Gasteiger partial charge in [-0.15, -0.1) is 11.3 Å². The number of fused-ring (bicyclic) bond motifs is 3. The molecule has 1 aromatic heterocycles. The van der Waals surface area contributed by atoms with E-state index in [1.165, 1.54) is 0 Å². The first-order valence-electron chi connectivity index (χ1n) is 9.14. The third kappa shape index (κ3) is 4.00. The molecular formula is C19H20F3N3O2S. The lowest BCUT2D eigenvalue weighted by Gasteiger charge is -2.47. The van der Waals surface area contributed by atoms with E-state index >= 15 is 0 Å². The number of hydrogen-bond donors (Lipinski definition) is 1. The predicted molar refractivity (Wildman–Crippen MR) is 100 cm³/mol. The molecule has 0 atom stereocenters. The van der Waals surface area contributed by atoms with E-state index in [4.69, 9.17) is 4.74 Å². The molecule has 4 heterocycles. The number of carbonyl (C=O) groups excluding carboxylic acids is 1. The molecule has 3 saturated heterocycles. The first-order valence-corrected chi connectivity index (χ1v) is 9.96. The van der Waals surface area contributed by atoms with Crippen LogP contribution in [0, 0.1) is 5.41 Å². The minimum Gasteiger partial charge on any atom is -0.449 e. The van der Waals surface area contributed by atoms with E-state index in [0.29, 0.717) is 16.9 Å². The number of nitrogens with one attached hydrogen (secondary N) is 1. The average Bonchev–Trinajstić information content (AvgIpc) is 3.13. The number of halogens is 3. The maximum absolute atomic E-state index is 13.1. The zero-order valence-corrected chi connectivity index (χ0v) is 15.9. The Balaban J connectivity index is 1.48. The lowest BCUT2D eigenvalue weighted by molar-refractivity contribution is -0.137. The van der Waals surface area contributed by atoms with Gasteiger partial charge in [-0.05, 0) is 44.5 Å². The van der Waals surface area contributed by atoms with Gasteiger partial charge in [0.1, 0.15) is 0 Å². The molecule has 3 aliphatic heterocycles. The molecule has 1 N–H and O–H groups in total. The van der Waals surface area contributed by atoms with Gasteiger partial charge in [-0.25, -0.2) is 9.78 Å². The van der Waals surface area contributed by atoms with E-state index < -0.39 is 17.3 Å². The van der Waals surface area contributed by atoms with Gasteiger partial charge in [-0.1, -0.05) is 30.3 Å². The molecule has 150 valence electrons. The monoisotopic (exact) mass is 411 g/mol. The van der Waals surface area contributed by atoms with Crippen molar-refractivity contribution in [1.82, 2.24) is 9.88 Å². The number of benzene rings is 1. The van der Waals surface area contributed by atoms with E-state index in [0.717, 1.165) is 38.9 Å². The molecular weight excluding hydrogens is 391 g/mol. The number of nitrogens with zero attached hydrogens (tertiary/aromatic N) is 2. The van der Waals surface area contributed by atoms with Crippen molar-refractivity contribution < 1.29 is 22.7 Å². The molecule has 5 rings (SSSR count). The molecule has 28 heavy (non-hydrogen) atoms. The number of aromatic nitrogens is 1. The van der Waals surface area contributed by atoms with E-state index in [9.17, 15) is 18.0 Å². The Morgan fingerprint density at radius 3 is 2.43 bits per heavy atom. The fraction of sp³-hybridized carbons (Fsp3) is 0.474. The van der Waals surface area contributed by atoms with Gasteiger partial charge in [0.25, 0.3) is 0 Å². The Hall–Kier alpha value is -2.13. The number of rotatable bonds is 4. The van der Waals surface area contributed by atoms with Crippen molar-refractivity contribution >= 4 is 23.2 Å². The Labute approximate surface area is 164 Å². The number of hydrogen-bond acceptors (Lipinski definition) is 5. The van der Waals surface area contributed by atoms with Gasteiger partial charge >= 0.3 is 12.3 Å². The van der Waals surface area contributed by atoms with Crippen LogP contribution in [0.3, 0.4) is 0 Å². The van der Waals surface area contributed by atoms with Crippen LogP contribution in [0.2, 0.25) is 0 Å². The molecule has 3 aliphatic rings. The van der Waals surface area contributed by atoms with Crippen LogP contribution >= 0.6 is 11.3 Å². The summed E-state index contributed by atoms with van der Waals surface area (Å²) in [5.41, 5.74) is 0.553. The normalized spacial score (nSPS) is 24.2. The van der Waals surface area contributed by atoms with Crippen LogP contribution in [0.5, 0.6) is 0 Å². The maximum atomic E-state index is 13.1. The molecule has 9 heteroatoms. The lowest BCUT2D eigenvalue weighted by Crippen LogP contribution is -2.50. The van der Waals surface area contributed by atoms with Crippen LogP contribution in [-0.4, -0.2) is 42.2 Å². The van der Waals surface area contributed by atoms with Crippen molar-refractivity contribution in [3.63, 3.8) is 0 Å². The van der Waals surface area contributed by atoms with Crippen LogP contribution in [0.1, 0.15) is 24.3 Å². The zero-order chi connectivity index (χ0) is 19.8. The van der Waals surface area contributed by atoms with Gasteiger partial charge < -0.3 is 9.64 Å². The highest BCUT2D eigenvalue weighted by molar-refractivity contribution is 7.15. The first-order chi connectivity index (χ1) is 13.3. The molecule has 3 fully saturated rings. The molecule has 2 bridgehead atoms. The molecule has 0 saturated carbocycles. The minimum atomic E-state index is -4.58. The third-order valence-electron chi connectivity index (χ3n) is 5.51. The molecule has 2 aromatic rings. The fourth-order valence-corrected chi connectivity index (χ4v) is 4.67. The zero-order valence-electron chi connectivity index (χ0n) is 15.1. The molecule has 1 aromatic carbocycles. The number of anilines is 1. The Morgan fingerprint density at radius 1 is 1.18 bits per heavy atom. The first kappa shape index (κ1) is 19.2. The second-order valence-corrected chi connectivity index (χ2v) is 8.35. The SMILES string of the molecule is O=C(Nc1nc(C(F)(F)F)sc1-c1ccccc1)OCC12CCN(CC1)CC2. The van der Waals surface area contributed by atoms with Gasteiger partial charge in [0.15, 0.2) is 5.82 Å².